The van der Waals surface area contributed by atoms with E-state index in [4.69, 9.17) is 9.15 Å². The van der Waals surface area contributed by atoms with Crippen LogP contribution in [0.1, 0.15) is 22.6 Å². The Morgan fingerprint density at radius 3 is 2.73 bits per heavy atom. The first-order valence-electron chi connectivity index (χ1n) is 8.74. The number of para-hydroxylation sites is 1. The van der Waals surface area contributed by atoms with Gasteiger partial charge in [0.25, 0.3) is 0 Å². The Hall–Kier alpha value is -2.66. The van der Waals surface area contributed by atoms with E-state index in [0.29, 0.717) is 26.1 Å². The minimum Gasteiger partial charge on any atom is -0.467 e. The number of furan rings is 1. The third-order valence-electron chi connectivity index (χ3n) is 4.66. The molecule has 0 aliphatic heterocycles. The number of benzene rings is 1. The lowest BCUT2D eigenvalue weighted by atomic mass is 9.99. The average molecular weight is 352 g/mol. The number of fused-ring (bicyclic) bond motifs is 1. The van der Waals surface area contributed by atoms with Crippen molar-refractivity contribution in [3.63, 3.8) is 0 Å². The summed E-state index contributed by atoms with van der Waals surface area (Å²) in [5, 5.41) is 1.09. The molecule has 0 fully saturated rings. The summed E-state index contributed by atoms with van der Waals surface area (Å²) in [5.41, 5.74) is 3.98. The van der Waals surface area contributed by atoms with Crippen LogP contribution in [0.25, 0.3) is 10.9 Å². The van der Waals surface area contributed by atoms with Gasteiger partial charge in [-0.2, -0.15) is 0 Å². The summed E-state index contributed by atoms with van der Waals surface area (Å²) in [4.78, 5) is 19.4. The third-order valence-corrected chi connectivity index (χ3v) is 4.66. The average Bonchev–Trinajstić information content (AvgIpc) is 3.15. The van der Waals surface area contributed by atoms with Crippen LogP contribution in [-0.4, -0.2) is 36.1 Å². The molecule has 0 bridgehead atoms. The number of ether oxygens (including phenoxy) is 1. The summed E-state index contributed by atoms with van der Waals surface area (Å²) in [6.07, 6.45) is 1.94. The highest BCUT2D eigenvalue weighted by Gasteiger charge is 2.19. The number of carbonyl (C=O) groups excluding carboxylic acids is 1. The second kappa shape index (κ2) is 8.15. The van der Waals surface area contributed by atoms with Crippen LogP contribution in [0.2, 0.25) is 0 Å². The van der Waals surface area contributed by atoms with Crippen molar-refractivity contribution in [2.75, 3.05) is 20.3 Å². The van der Waals surface area contributed by atoms with Gasteiger partial charge < -0.3 is 14.1 Å². The number of methoxy groups -OCH3 is 1. The molecule has 1 aromatic carbocycles. The third kappa shape index (κ3) is 3.94. The quantitative estimate of drug-likeness (QED) is 0.651. The van der Waals surface area contributed by atoms with Crippen molar-refractivity contribution in [2.24, 2.45) is 0 Å². The summed E-state index contributed by atoms with van der Waals surface area (Å²) in [6.45, 7) is 5.48. The fourth-order valence-corrected chi connectivity index (χ4v) is 3.18. The van der Waals surface area contributed by atoms with Crippen molar-refractivity contribution in [2.45, 2.75) is 26.8 Å². The second-order valence-electron chi connectivity index (χ2n) is 6.38. The molecule has 0 N–H and O–H groups in total. The smallest absolute Gasteiger partial charge is 0.227 e. The zero-order chi connectivity index (χ0) is 18.5. The number of aromatic nitrogens is 1. The predicted molar refractivity (Wildman–Crippen MR) is 101 cm³/mol. The maximum Gasteiger partial charge on any atom is 0.227 e. The topological polar surface area (TPSA) is 55.6 Å². The van der Waals surface area contributed by atoms with Crippen molar-refractivity contribution >= 4 is 16.8 Å². The lowest BCUT2D eigenvalue weighted by Crippen LogP contribution is -2.34. The van der Waals surface area contributed by atoms with Crippen LogP contribution in [0.5, 0.6) is 0 Å². The molecule has 5 nitrogen and oxygen atoms in total. The van der Waals surface area contributed by atoms with Gasteiger partial charge in [0.1, 0.15) is 5.76 Å². The zero-order valence-electron chi connectivity index (χ0n) is 15.5. The van der Waals surface area contributed by atoms with E-state index in [1.54, 1.807) is 18.3 Å². The standard InChI is InChI=1S/C21H24N2O3/c1-15-18-8-4-5-9-20(18)22-16(2)19(15)13-21(24)23(10-12-25-3)14-17-7-6-11-26-17/h4-9,11H,10,12-14H2,1-3H3. The Labute approximate surface area is 153 Å². The maximum absolute atomic E-state index is 13.0. The van der Waals surface area contributed by atoms with Gasteiger partial charge in [0.15, 0.2) is 0 Å². The van der Waals surface area contributed by atoms with Gasteiger partial charge in [0, 0.05) is 24.7 Å². The minimum absolute atomic E-state index is 0.0433. The van der Waals surface area contributed by atoms with E-state index < -0.39 is 0 Å². The molecule has 0 aliphatic carbocycles. The Bertz CT molecular complexity index is 888. The zero-order valence-corrected chi connectivity index (χ0v) is 15.5. The number of nitrogens with zero attached hydrogens (tertiary/aromatic N) is 2. The molecular formula is C21H24N2O3. The molecular weight excluding hydrogens is 328 g/mol. The van der Waals surface area contributed by atoms with Crippen LogP contribution in [-0.2, 0) is 22.5 Å². The monoisotopic (exact) mass is 352 g/mol. The van der Waals surface area contributed by atoms with Gasteiger partial charge in [-0.1, -0.05) is 18.2 Å². The Balaban J connectivity index is 1.85. The van der Waals surface area contributed by atoms with Crippen molar-refractivity contribution in [3.8, 4) is 0 Å². The Morgan fingerprint density at radius 2 is 2.00 bits per heavy atom. The molecule has 3 rings (SSSR count). The van der Waals surface area contributed by atoms with E-state index in [9.17, 15) is 4.79 Å². The Morgan fingerprint density at radius 1 is 1.19 bits per heavy atom. The number of rotatable bonds is 7. The second-order valence-corrected chi connectivity index (χ2v) is 6.38. The van der Waals surface area contributed by atoms with E-state index in [1.165, 1.54) is 0 Å². The lowest BCUT2D eigenvalue weighted by molar-refractivity contribution is -0.132. The van der Waals surface area contributed by atoms with Gasteiger partial charge in [0.2, 0.25) is 5.91 Å². The van der Waals surface area contributed by atoms with Crippen LogP contribution >= 0.6 is 0 Å². The molecule has 0 saturated carbocycles. The first kappa shape index (κ1) is 18.1. The molecule has 0 spiro atoms. The van der Waals surface area contributed by atoms with Gasteiger partial charge in [-0.3, -0.25) is 9.78 Å². The SMILES string of the molecule is COCCN(Cc1ccco1)C(=O)Cc1c(C)nc2ccccc2c1C. The highest BCUT2D eigenvalue weighted by Crippen LogP contribution is 2.23. The van der Waals surface area contributed by atoms with Crippen molar-refractivity contribution in [1.29, 1.82) is 0 Å². The molecule has 3 aromatic rings. The van der Waals surface area contributed by atoms with E-state index in [1.807, 2.05) is 37.3 Å². The molecule has 0 aliphatic rings. The van der Waals surface area contributed by atoms with Crippen LogP contribution in [0.15, 0.2) is 47.1 Å². The van der Waals surface area contributed by atoms with Crippen molar-refractivity contribution in [3.05, 3.63) is 65.2 Å². The lowest BCUT2D eigenvalue weighted by Gasteiger charge is -2.22. The number of pyridine rings is 1. The summed E-state index contributed by atoms with van der Waals surface area (Å²) in [6, 6.07) is 11.7. The first-order valence-corrected chi connectivity index (χ1v) is 8.74. The van der Waals surface area contributed by atoms with Crippen molar-refractivity contribution in [1.82, 2.24) is 9.88 Å². The van der Waals surface area contributed by atoms with E-state index in [2.05, 4.69) is 18.0 Å². The molecule has 5 heteroatoms. The molecule has 0 unspecified atom stereocenters. The van der Waals surface area contributed by atoms with Gasteiger partial charge in [-0.05, 0) is 43.2 Å². The minimum atomic E-state index is 0.0433. The number of amides is 1. The summed E-state index contributed by atoms with van der Waals surface area (Å²) >= 11 is 0. The Kier molecular flexibility index (Phi) is 5.68. The molecule has 0 saturated heterocycles. The molecule has 2 heterocycles. The largest absolute Gasteiger partial charge is 0.467 e. The van der Waals surface area contributed by atoms with Gasteiger partial charge in [-0.25, -0.2) is 0 Å². The number of hydrogen-bond acceptors (Lipinski definition) is 4. The van der Waals surface area contributed by atoms with Gasteiger partial charge in [-0.15, -0.1) is 0 Å². The number of aryl methyl sites for hydroxylation is 2. The molecule has 1 amide bonds. The number of carbonyl (C=O) groups is 1. The van der Waals surface area contributed by atoms with E-state index >= 15 is 0 Å². The first-order chi connectivity index (χ1) is 12.6. The summed E-state index contributed by atoms with van der Waals surface area (Å²) < 4.78 is 10.6. The summed E-state index contributed by atoms with van der Waals surface area (Å²) in [5.74, 6) is 0.807. The normalized spacial score (nSPS) is 11.0. The highest BCUT2D eigenvalue weighted by molar-refractivity contribution is 5.86. The molecule has 0 atom stereocenters. The molecule has 2 aromatic heterocycles. The van der Waals surface area contributed by atoms with E-state index in [0.717, 1.165) is 33.5 Å². The van der Waals surface area contributed by atoms with Gasteiger partial charge in [0.05, 0.1) is 31.4 Å². The summed E-state index contributed by atoms with van der Waals surface area (Å²) in [7, 11) is 1.64. The van der Waals surface area contributed by atoms with Crippen molar-refractivity contribution < 1.29 is 13.9 Å². The molecule has 26 heavy (non-hydrogen) atoms. The van der Waals surface area contributed by atoms with Crippen LogP contribution in [0, 0.1) is 13.8 Å². The van der Waals surface area contributed by atoms with Crippen LogP contribution < -0.4 is 0 Å². The fraction of sp³-hybridized carbons (Fsp3) is 0.333. The maximum atomic E-state index is 13.0. The van der Waals surface area contributed by atoms with Crippen LogP contribution in [0.3, 0.4) is 0 Å². The number of hydrogen-bond donors (Lipinski definition) is 0. The van der Waals surface area contributed by atoms with Crippen LogP contribution in [0.4, 0.5) is 0 Å². The van der Waals surface area contributed by atoms with Gasteiger partial charge >= 0.3 is 0 Å². The fourth-order valence-electron chi connectivity index (χ4n) is 3.18. The van der Waals surface area contributed by atoms with E-state index in [-0.39, 0.29) is 5.91 Å². The molecule has 136 valence electrons. The predicted octanol–water partition coefficient (Wildman–Crippen LogP) is 3.66. The molecule has 0 radical (unpaired) electrons. The highest BCUT2D eigenvalue weighted by atomic mass is 16.5.